The van der Waals surface area contributed by atoms with Crippen LogP contribution in [0.15, 0.2) is 35.3 Å². The average molecular weight is 355 g/mol. The Bertz CT molecular complexity index is 922. The lowest BCUT2D eigenvalue weighted by atomic mass is 9.85. The van der Waals surface area contributed by atoms with Gasteiger partial charge in [-0.25, -0.2) is 9.48 Å². The van der Waals surface area contributed by atoms with E-state index < -0.39 is 12.0 Å². The predicted octanol–water partition coefficient (Wildman–Crippen LogP) is 1.64. The van der Waals surface area contributed by atoms with Gasteiger partial charge < -0.3 is 10.0 Å². The number of nitrogens with zero attached hydrogens (tertiary/aromatic N) is 3. The van der Waals surface area contributed by atoms with E-state index in [0.717, 1.165) is 35.8 Å². The maximum Gasteiger partial charge on any atom is 0.326 e. The molecule has 0 radical (unpaired) electrons. The highest BCUT2D eigenvalue weighted by atomic mass is 16.4. The molecular weight excluding hydrogens is 334 g/mol. The van der Waals surface area contributed by atoms with Crippen LogP contribution in [-0.4, -0.2) is 43.7 Å². The summed E-state index contributed by atoms with van der Waals surface area (Å²) in [5.41, 5.74) is -0.331. The number of amides is 1. The first kappa shape index (κ1) is 16.8. The van der Waals surface area contributed by atoms with Gasteiger partial charge in [-0.15, -0.1) is 0 Å². The number of benzene rings is 1. The first-order valence-electron chi connectivity index (χ1n) is 9.05. The van der Waals surface area contributed by atoms with E-state index in [1.54, 1.807) is 24.4 Å². The summed E-state index contributed by atoms with van der Waals surface area (Å²) < 4.78 is 1.14. The van der Waals surface area contributed by atoms with Gasteiger partial charge in [0, 0.05) is 11.4 Å². The van der Waals surface area contributed by atoms with Crippen molar-refractivity contribution in [1.82, 2.24) is 14.7 Å². The Labute approximate surface area is 150 Å². The van der Waals surface area contributed by atoms with Gasteiger partial charge in [-0.05, 0) is 31.2 Å². The molecular formula is C19H21N3O4. The Morgan fingerprint density at radius 2 is 1.96 bits per heavy atom. The summed E-state index contributed by atoms with van der Waals surface area (Å²) in [6, 6.07) is 6.25. The summed E-state index contributed by atoms with van der Waals surface area (Å²) in [6.45, 7) is -0.226. The van der Waals surface area contributed by atoms with Crippen molar-refractivity contribution >= 4 is 22.6 Å². The highest BCUT2D eigenvalue weighted by Gasteiger charge is 2.47. The second kappa shape index (κ2) is 6.55. The predicted molar refractivity (Wildman–Crippen MR) is 94.6 cm³/mol. The van der Waals surface area contributed by atoms with Crippen LogP contribution in [0.3, 0.4) is 0 Å². The molecule has 0 bridgehead atoms. The third kappa shape index (κ3) is 2.77. The third-order valence-electron chi connectivity index (χ3n) is 5.71. The number of carbonyl (C=O) groups excluding carboxylic acids is 1. The van der Waals surface area contributed by atoms with Crippen LogP contribution in [0.4, 0.5) is 0 Å². The number of carboxylic acid groups (broad SMARTS) is 1. The van der Waals surface area contributed by atoms with Gasteiger partial charge in [-0.1, -0.05) is 31.0 Å². The number of aromatic nitrogens is 2. The van der Waals surface area contributed by atoms with Crippen LogP contribution in [0.25, 0.3) is 10.8 Å². The van der Waals surface area contributed by atoms with Crippen molar-refractivity contribution in [2.45, 2.75) is 50.7 Å². The lowest BCUT2D eigenvalue weighted by Gasteiger charge is -2.33. The van der Waals surface area contributed by atoms with Gasteiger partial charge in [-0.2, -0.15) is 5.10 Å². The normalized spacial score (nSPS) is 25.2. The molecule has 1 N–H and O–H groups in total. The van der Waals surface area contributed by atoms with Crippen LogP contribution >= 0.6 is 0 Å². The Hall–Kier alpha value is -2.70. The SMILES string of the molecule is O=C(O)C1CC2CCCCC2N1C(=O)Cn1ncc2ccccc2c1=O. The largest absolute Gasteiger partial charge is 0.480 e. The van der Waals surface area contributed by atoms with Crippen LogP contribution in [0.2, 0.25) is 0 Å². The first-order chi connectivity index (χ1) is 12.6. The van der Waals surface area contributed by atoms with E-state index in [1.165, 1.54) is 4.90 Å². The summed E-state index contributed by atoms with van der Waals surface area (Å²) in [5, 5.41) is 14.9. The summed E-state index contributed by atoms with van der Waals surface area (Å²) in [6.07, 6.45) is 5.96. The van der Waals surface area contributed by atoms with Crippen LogP contribution < -0.4 is 5.56 Å². The zero-order valence-electron chi connectivity index (χ0n) is 14.4. The second-order valence-corrected chi connectivity index (χ2v) is 7.20. The number of rotatable bonds is 3. The van der Waals surface area contributed by atoms with Gasteiger partial charge in [0.25, 0.3) is 5.56 Å². The van der Waals surface area contributed by atoms with Gasteiger partial charge in [0.15, 0.2) is 0 Å². The van der Waals surface area contributed by atoms with Crippen molar-refractivity contribution in [1.29, 1.82) is 0 Å². The van der Waals surface area contributed by atoms with Crippen molar-refractivity contribution in [3.05, 3.63) is 40.8 Å². The lowest BCUT2D eigenvalue weighted by Crippen LogP contribution is -2.48. The molecule has 3 atom stereocenters. The molecule has 7 heteroatoms. The van der Waals surface area contributed by atoms with Crippen LogP contribution in [0.1, 0.15) is 32.1 Å². The quantitative estimate of drug-likeness (QED) is 0.904. The number of likely N-dealkylation sites (tertiary alicyclic amines) is 1. The monoisotopic (exact) mass is 355 g/mol. The maximum atomic E-state index is 12.9. The Morgan fingerprint density at radius 3 is 2.77 bits per heavy atom. The number of carbonyl (C=O) groups is 2. The van der Waals surface area contributed by atoms with Crippen LogP contribution in [0.5, 0.6) is 0 Å². The lowest BCUT2D eigenvalue weighted by molar-refractivity contribution is -0.150. The molecule has 26 heavy (non-hydrogen) atoms. The molecule has 4 rings (SSSR count). The highest BCUT2D eigenvalue weighted by Crippen LogP contribution is 2.39. The Kier molecular flexibility index (Phi) is 4.22. The standard InChI is InChI=1S/C19H21N3O4/c23-17(11-21-18(24)14-7-3-1-6-13(14)10-20-21)22-15-8-4-2-5-12(15)9-16(22)19(25)26/h1,3,6-7,10,12,15-16H,2,4-5,8-9,11H2,(H,25,26). The number of hydrogen-bond donors (Lipinski definition) is 1. The molecule has 0 spiro atoms. The topological polar surface area (TPSA) is 92.5 Å². The molecule has 2 heterocycles. The van der Waals surface area contributed by atoms with E-state index in [2.05, 4.69) is 5.10 Å². The number of aliphatic carboxylic acids is 1. The zero-order chi connectivity index (χ0) is 18.3. The molecule has 2 fully saturated rings. The minimum atomic E-state index is -0.966. The molecule has 1 aromatic heterocycles. The van der Waals surface area contributed by atoms with Gasteiger partial charge in [0.05, 0.1) is 11.6 Å². The maximum absolute atomic E-state index is 12.9. The molecule has 1 aromatic carbocycles. The Balaban J connectivity index is 1.63. The van der Waals surface area contributed by atoms with Gasteiger partial charge >= 0.3 is 5.97 Å². The highest BCUT2D eigenvalue weighted by molar-refractivity contribution is 5.85. The zero-order valence-corrected chi connectivity index (χ0v) is 14.4. The summed E-state index contributed by atoms with van der Waals surface area (Å²) in [4.78, 5) is 38.7. The van der Waals surface area contributed by atoms with E-state index in [9.17, 15) is 19.5 Å². The average Bonchev–Trinajstić information content (AvgIpc) is 3.04. The summed E-state index contributed by atoms with van der Waals surface area (Å²) in [7, 11) is 0. The van der Waals surface area contributed by atoms with Crippen molar-refractivity contribution in [3.63, 3.8) is 0 Å². The summed E-state index contributed by atoms with van der Waals surface area (Å²) >= 11 is 0. The second-order valence-electron chi connectivity index (χ2n) is 7.20. The third-order valence-corrected chi connectivity index (χ3v) is 5.71. The molecule has 2 aromatic rings. The van der Waals surface area contributed by atoms with E-state index in [0.29, 0.717) is 11.8 Å². The number of fused-ring (bicyclic) bond motifs is 2. The first-order valence-corrected chi connectivity index (χ1v) is 9.05. The number of hydrogen-bond acceptors (Lipinski definition) is 4. The van der Waals surface area contributed by atoms with Gasteiger partial charge in [0.1, 0.15) is 12.6 Å². The summed E-state index contributed by atoms with van der Waals surface area (Å²) in [5.74, 6) is -1.06. The van der Waals surface area contributed by atoms with E-state index in [1.807, 2.05) is 6.07 Å². The van der Waals surface area contributed by atoms with Crippen molar-refractivity contribution in [2.24, 2.45) is 5.92 Å². The molecule has 1 aliphatic carbocycles. The van der Waals surface area contributed by atoms with E-state index in [-0.39, 0.29) is 30.0 Å². The van der Waals surface area contributed by atoms with Gasteiger partial charge in [-0.3, -0.25) is 9.59 Å². The minimum Gasteiger partial charge on any atom is -0.480 e. The fourth-order valence-corrected chi connectivity index (χ4v) is 4.49. The Morgan fingerprint density at radius 1 is 1.19 bits per heavy atom. The molecule has 1 aliphatic heterocycles. The molecule has 3 unspecified atom stereocenters. The fraction of sp³-hybridized carbons (Fsp3) is 0.474. The van der Waals surface area contributed by atoms with E-state index in [4.69, 9.17) is 0 Å². The molecule has 1 saturated heterocycles. The van der Waals surface area contributed by atoms with Crippen molar-refractivity contribution < 1.29 is 14.7 Å². The van der Waals surface area contributed by atoms with Crippen LogP contribution in [0, 0.1) is 5.92 Å². The minimum absolute atomic E-state index is 0.0338. The molecule has 2 aliphatic rings. The molecule has 7 nitrogen and oxygen atoms in total. The molecule has 1 saturated carbocycles. The van der Waals surface area contributed by atoms with Crippen molar-refractivity contribution in [3.8, 4) is 0 Å². The smallest absolute Gasteiger partial charge is 0.326 e. The van der Waals surface area contributed by atoms with Crippen LogP contribution in [-0.2, 0) is 16.1 Å². The molecule has 136 valence electrons. The van der Waals surface area contributed by atoms with Gasteiger partial charge in [0.2, 0.25) is 5.91 Å². The van der Waals surface area contributed by atoms with E-state index >= 15 is 0 Å². The molecule has 1 amide bonds. The number of carboxylic acids is 1. The fourth-order valence-electron chi connectivity index (χ4n) is 4.49. The van der Waals surface area contributed by atoms with Crippen molar-refractivity contribution in [2.75, 3.05) is 0 Å².